The molecule has 1 fully saturated rings. The van der Waals surface area contributed by atoms with Crippen LogP contribution in [-0.2, 0) is 6.61 Å². The van der Waals surface area contributed by atoms with Crippen molar-refractivity contribution in [2.45, 2.75) is 20.5 Å². The Morgan fingerprint density at radius 2 is 1.83 bits per heavy atom. The van der Waals surface area contributed by atoms with E-state index in [-0.39, 0.29) is 5.91 Å². The molecular formula is C23H23N3O3. The quantitative estimate of drug-likeness (QED) is 0.667. The number of carbonyl (C=O) groups is 1. The van der Waals surface area contributed by atoms with Crippen LogP contribution in [0.5, 0.6) is 5.75 Å². The second kappa shape index (κ2) is 6.95. The average Bonchev–Trinajstić information content (AvgIpc) is 3.18. The zero-order chi connectivity index (χ0) is 20.0. The number of anilines is 1. The summed E-state index contributed by atoms with van der Waals surface area (Å²) < 4.78 is 11.4. The van der Waals surface area contributed by atoms with Crippen molar-refractivity contribution in [3.05, 3.63) is 64.8 Å². The lowest BCUT2D eigenvalue weighted by Crippen LogP contribution is -2.49. The first-order valence-electron chi connectivity index (χ1n) is 9.94. The number of aryl methyl sites for hydroxylation is 2. The fraction of sp³-hybridized carbons (Fsp3) is 0.304. The first-order valence-corrected chi connectivity index (χ1v) is 9.94. The van der Waals surface area contributed by atoms with Gasteiger partial charge in [-0.1, -0.05) is 35.0 Å². The highest BCUT2D eigenvalue weighted by Crippen LogP contribution is 2.38. The molecule has 29 heavy (non-hydrogen) atoms. The van der Waals surface area contributed by atoms with Crippen LogP contribution in [0.15, 0.2) is 47.0 Å². The van der Waals surface area contributed by atoms with Crippen LogP contribution in [-0.4, -0.2) is 42.1 Å². The number of amides is 1. The number of hydrogen-bond acceptors (Lipinski definition) is 5. The minimum absolute atomic E-state index is 0.0849. The molecule has 6 heteroatoms. The third-order valence-corrected chi connectivity index (χ3v) is 5.75. The van der Waals surface area contributed by atoms with E-state index in [0.29, 0.717) is 31.2 Å². The summed E-state index contributed by atoms with van der Waals surface area (Å²) in [6.07, 6.45) is 0. The van der Waals surface area contributed by atoms with E-state index in [9.17, 15) is 4.79 Å². The Morgan fingerprint density at radius 1 is 1.03 bits per heavy atom. The molecule has 5 rings (SSSR count). The van der Waals surface area contributed by atoms with Gasteiger partial charge in [-0.25, -0.2) is 0 Å². The number of aromatic nitrogens is 1. The number of rotatable bonds is 2. The van der Waals surface area contributed by atoms with Gasteiger partial charge in [0.15, 0.2) is 11.5 Å². The molecule has 0 atom stereocenters. The summed E-state index contributed by atoms with van der Waals surface area (Å²) in [5.41, 5.74) is 5.73. The molecule has 3 heterocycles. The van der Waals surface area contributed by atoms with E-state index in [2.05, 4.69) is 42.1 Å². The van der Waals surface area contributed by atoms with Crippen molar-refractivity contribution < 1.29 is 14.1 Å². The highest BCUT2D eigenvalue weighted by atomic mass is 16.5. The standard InChI is InChI=1S/C23H23N3O3/c1-15-7-8-19(16(2)13-15)25-9-11-26(12-10-25)23(27)21-18-14-28-20-6-4-3-5-17(20)22(18)29-24-21/h3-8,13H,9-12,14H2,1-2H3. The van der Waals surface area contributed by atoms with E-state index in [1.54, 1.807) is 0 Å². The maximum absolute atomic E-state index is 13.1. The molecule has 0 saturated carbocycles. The Kier molecular flexibility index (Phi) is 4.27. The van der Waals surface area contributed by atoms with Crippen LogP contribution >= 0.6 is 0 Å². The number of hydrogen-bond donors (Lipinski definition) is 0. The van der Waals surface area contributed by atoms with Crippen molar-refractivity contribution in [3.63, 3.8) is 0 Å². The third kappa shape index (κ3) is 3.05. The van der Waals surface area contributed by atoms with Crippen molar-refractivity contribution in [2.24, 2.45) is 0 Å². The van der Waals surface area contributed by atoms with E-state index < -0.39 is 0 Å². The summed E-state index contributed by atoms with van der Waals surface area (Å²) in [5.74, 6) is 1.32. The molecule has 148 valence electrons. The van der Waals surface area contributed by atoms with Crippen LogP contribution < -0.4 is 9.64 Å². The van der Waals surface area contributed by atoms with Gasteiger partial charge in [-0.2, -0.15) is 0 Å². The second-order valence-electron chi connectivity index (χ2n) is 7.69. The summed E-state index contributed by atoms with van der Waals surface area (Å²) in [4.78, 5) is 17.3. The normalized spacial score (nSPS) is 15.5. The second-order valence-corrected chi connectivity index (χ2v) is 7.69. The molecule has 1 aromatic heterocycles. The summed E-state index contributed by atoms with van der Waals surface area (Å²) in [7, 11) is 0. The first kappa shape index (κ1) is 17.8. The largest absolute Gasteiger partial charge is 0.488 e. The smallest absolute Gasteiger partial charge is 0.276 e. The van der Waals surface area contributed by atoms with Crippen molar-refractivity contribution in [2.75, 3.05) is 31.1 Å². The number of ether oxygens (including phenoxy) is 1. The number of carbonyl (C=O) groups excluding carboxylic acids is 1. The van der Waals surface area contributed by atoms with Crippen molar-refractivity contribution in [3.8, 4) is 17.1 Å². The lowest BCUT2D eigenvalue weighted by atomic mass is 10.0. The summed E-state index contributed by atoms with van der Waals surface area (Å²) in [6, 6.07) is 14.2. The van der Waals surface area contributed by atoms with E-state index in [4.69, 9.17) is 9.26 Å². The molecular weight excluding hydrogens is 366 g/mol. The van der Waals surface area contributed by atoms with Gasteiger partial charge in [0, 0.05) is 31.9 Å². The average molecular weight is 389 g/mol. The molecule has 2 aromatic carbocycles. The highest BCUT2D eigenvalue weighted by Gasteiger charge is 2.32. The van der Waals surface area contributed by atoms with Gasteiger partial charge in [0.2, 0.25) is 0 Å². The molecule has 0 radical (unpaired) electrons. The van der Waals surface area contributed by atoms with Crippen LogP contribution in [0.1, 0.15) is 27.2 Å². The Labute approximate surface area is 169 Å². The molecule has 1 saturated heterocycles. The van der Waals surface area contributed by atoms with Crippen molar-refractivity contribution >= 4 is 11.6 Å². The zero-order valence-electron chi connectivity index (χ0n) is 16.6. The number of piperazine rings is 1. The lowest BCUT2D eigenvalue weighted by Gasteiger charge is -2.36. The topological polar surface area (TPSA) is 58.8 Å². The number of fused-ring (bicyclic) bond motifs is 3. The molecule has 6 nitrogen and oxygen atoms in total. The predicted molar refractivity (Wildman–Crippen MR) is 110 cm³/mol. The Morgan fingerprint density at radius 3 is 2.62 bits per heavy atom. The van der Waals surface area contributed by atoms with E-state index in [0.717, 1.165) is 30.0 Å². The zero-order valence-corrected chi connectivity index (χ0v) is 16.6. The Hall–Kier alpha value is -3.28. The Balaban J connectivity index is 1.33. The minimum Gasteiger partial charge on any atom is -0.488 e. The molecule has 0 aliphatic carbocycles. The number of nitrogens with zero attached hydrogens (tertiary/aromatic N) is 3. The van der Waals surface area contributed by atoms with E-state index >= 15 is 0 Å². The third-order valence-electron chi connectivity index (χ3n) is 5.75. The van der Waals surface area contributed by atoms with Gasteiger partial charge in [-0.15, -0.1) is 0 Å². The van der Waals surface area contributed by atoms with Gasteiger partial charge in [0.25, 0.3) is 5.91 Å². The van der Waals surface area contributed by atoms with Crippen LogP contribution in [0, 0.1) is 13.8 Å². The van der Waals surface area contributed by atoms with E-state index in [1.807, 2.05) is 29.2 Å². The van der Waals surface area contributed by atoms with Crippen molar-refractivity contribution in [1.29, 1.82) is 0 Å². The van der Waals surface area contributed by atoms with Gasteiger partial charge >= 0.3 is 0 Å². The van der Waals surface area contributed by atoms with Gasteiger partial charge < -0.3 is 19.1 Å². The molecule has 0 N–H and O–H groups in total. The van der Waals surface area contributed by atoms with Crippen LogP contribution in [0.25, 0.3) is 11.3 Å². The fourth-order valence-electron chi connectivity index (χ4n) is 4.21. The van der Waals surface area contributed by atoms with Gasteiger partial charge in [0.05, 0.1) is 11.1 Å². The first-order chi connectivity index (χ1) is 14.1. The van der Waals surface area contributed by atoms with Crippen LogP contribution in [0.2, 0.25) is 0 Å². The molecule has 2 aliphatic rings. The number of para-hydroxylation sites is 1. The molecule has 1 amide bonds. The Bertz CT molecular complexity index is 1080. The van der Waals surface area contributed by atoms with Crippen LogP contribution in [0.4, 0.5) is 5.69 Å². The number of benzene rings is 2. The van der Waals surface area contributed by atoms with Gasteiger partial charge in [-0.05, 0) is 37.6 Å². The highest BCUT2D eigenvalue weighted by molar-refractivity contribution is 5.95. The molecule has 2 aliphatic heterocycles. The predicted octanol–water partition coefficient (Wildman–Crippen LogP) is 3.81. The molecule has 0 spiro atoms. The van der Waals surface area contributed by atoms with Gasteiger partial charge in [-0.3, -0.25) is 4.79 Å². The maximum atomic E-state index is 13.1. The van der Waals surface area contributed by atoms with E-state index in [1.165, 1.54) is 16.8 Å². The summed E-state index contributed by atoms with van der Waals surface area (Å²) in [5, 5.41) is 4.11. The maximum Gasteiger partial charge on any atom is 0.276 e. The fourth-order valence-corrected chi connectivity index (χ4v) is 4.21. The molecule has 0 bridgehead atoms. The van der Waals surface area contributed by atoms with Crippen molar-refractivity contribution in [1.82, 2.24) is 10.1 Å². The SMILES string of the molecule is Cc1ccc(N2CCN(C(=O)c3noc4c3COc3ccccc3-4)CC2)c(C)c1. The van der Waals surface area contributed by atoms with Crippen LogP contribution in [0.3, 0.4) is 0 Å². The molecule has 3 aromatic rings. The monoisotopic (exact) mass is 389 g/mol. The lowest BCUT2D eigenvalue weighted by molar-refractivity contribution is 0.0734. The minimum atomic E-state index is -0.0849. The molecule has 0 unspecified atom stereocenters. The van der Waals surface area contributed by atoms with Gasteiger partial charge in [0.1, 0.15) is 12.4 Å². The summed E-state index contributed by atoms with van der Waals surface area (Å²) in [6.45, 7) is 7.47. The summed E-state index contributed by atoms with van der Waals surface area (Å²) >= 11 is 0.